The van der Waals surface area contributed by atoms with Crippen LogP contribution in [0.4, 0.5) is 11.4 Å². The van der Waals surface area contributed by atoms with Gasteiger partial charge in [-0.25, -0.2) is 0 Å². The number of anilines is 1. The lowest BCUT2D eigenvalue weighted by molar-refractivity contribution is -0.384. The number of hydrogen-bond acceptors (Lipinski definition) is 4. The van der Waals surface area contributed by atoms with Crippen molar-refractivity contribution in [3.8, 4) is 0 Å². The average molecular weight is 361 g/mol. The van der Waals surface area contributed by atoms with E-state index in [9.17, 15) is 10.1 Å². The molecule has 1 fully saturated rings. The Kier molecular flexibility index (Phi) is 4.06. The summed E-state index contributed by atoms with van der Waals surface area (Å²) in [6.45, 7) is 6.18. The van der Waals surface area contributed by atoms with Crippen LogP contribution in [-0.2, 0) is 0 Å². The lowest BCUT2D eigenvalue weighted by Crippen LogP contribution is -2.54. The average Bonchev–Trinajstić information content (AvgIpc) is 2.32. The summed E-state index contributed by atoms with van der Waals surface area (Å²) in [6.07, 6.45) is 0. The maximum absolute atomic E-state index is 10.7. The van der Waals surface area contributed by atoms with Crippen molar-refractivity contribution < 1.29 is 4.92 Å². The van der Waals surface area contributed by atoms with Crippen molar-refractivity contribution in [2.45, 2.75) is 25.9 Å². The largest absolute Gasteiger partial charge is 0.365 e. The maximum atomic E-state index is 10.7. The summed E-state index contributed by atoms with van der Waals surface area (Å²) in [5.41, 5.74) is 1.24. The number of nitrogens with zero attached hydrogens (tertiary/aromatic N) is 2. The van der Waals surface area contributed by atoms with Gasteiger partial charge in [0.25, 0.3) is 5.69 Å². The van der Waals surface area contributed by atoms with Gasteiger partial charge >= 0.3 is 0 Å². The van der Waals surface area contributed by atoms with Crippen LogP contribution in [0.25, 0.3) is 0 Å². The van der Waals surface area contributed by atoms with Crippen molar-refractivity contribution in [2.75, 3.05) is 18.0 Å². The molecular weight excluding hydrogens is 345 g/mol. The Hall–Kier alpha value is -0.890. The number of nitro benzene ring substituents is 1. The van der Waals surface area contributed by atoms with Crippen LogP contribution in [0, 0.1) is 13.7 Å². The molecule has 2 rings (SSSR count). The highest BCUT2D eigenvalue weighted by molar-refractivity contribution is 14.1. The van der Waals surface area contributed by atoms with E-state index in [1.807, 2.05) is 6.07 Å². The highest BCUT2D eigenvalue weighted by atomic mass is 127. The molecule has 1 aromatic rings. The van der Waals surface area contributed by atoms with E-state index < -0.39 is 0 Å². The van der Waals surface area contributed by atoms with Gasteiger partial charge in [0.2, 0.25) is 0 Å². The number of hydrogen-bond donors (Lipinski definition) is 1. The first kappa shape index (κ1) is 13.5. The summed E-state index contributed by atoms with van der Waals surface area (Å²) in [7, 11) is 0. The molecule has 0 saturated carbocycles. The molecule has 1 saturated heterocycles. The van der Waals surface area contributed by atoms with Crippen LogP contribution in [0.2, 0.25) is 0 Å². The molecule has 1 aliphatic rings. The van der Waals surface area contributed by atoms with Gasteiger partial charge in [-0.05, 0) is 42.5 Å². The van der Waals surface area contributed by atoms with Gasteiger partial charge in [-0.2, -0.15) is 0 Å². The van der Waals surface area contributed by atoms with E-state index in [0.29, 0.717) is 12.1 Å². The zero-order chi connectivity index (χ0) is 13.3. The lowest BCUT2D eigenvalue weighted by Gasteiger charge is -2.39. The third-order valence-corrected chi connectivity index (χ3v) is 4.08. The topological polar surface area (TPSA) is 58.4 Å². The Balaban J connectivity index is 2.30. The molecule has 1 aliphatic heterocycles. The van der Waals surface area contributed by atoms with E-state index >= 15 is 0 Å². The van der Waals surface area contributed by atoms with E-state index in [0.717, 1.165) is 22.3 Å². The molecule has 2 atom stereocenters. The summed E-state index contributed by atoms with van der Waals surface area (Å²) >= 11 is 2.17. The summed E-state index contributed by atoms with van der Waals surface area (Å²) in [4.78, 5) is 12.7. The van der Waals surface area contributed by atoms with Gasteiger partial charge < -0.3 is 10.2 Å². The summed E-state index contributed by atoms with van der Waals surface area (Å²) in [5, 5.41) is 14.2. The number of piperazine rings is 1. The molecule has 0 aliphatic carbocycles. The number of halogens is 1. The Morgan fingerprint density at radius 1 is 1.50 bits per heavy atom. The second kappa shape index (κ2) is 5.40. The van der Waals surface area contributed by atoms with Gasteiger partial charge in [-0.15, -0.1) is 0 Å². The highest BCUT2D eigenvalue weighted by Gasteiger charge is 2.24. The number of nitro groups is 1. The van der Waals surface area contributed by atoms with E-state index in [-0.39, 0.29) is 10.6 Å². The van der Waals surface area contributed by atoms with Gasteiger partial charge in [0, 0.05) is 40.9 Å². The van der Waals surface area contributed by atoms with Crippen LogP contribution < -0.4 is 10.2 Å². The fourth-order valence-corrected chi connectivity index (χ4v) is 3.01. The minimum Gasteiger partial charge on any atom is -0.365 e. The number of nitrogens with one attached hydrogen (secondary N) is 1. The Labute approximate surface area is 120 Å². The molecule has 98 valence electrons. The fraction of sp³-hybridized carbons (Fsp3) is 0.500. The minimum absolute atomic E-state index is 0.152. The third kappa shape index (κ3) is 2.74. The molecule has 1 N–H and O–H groups in total. The van der Waals surface area contributed by atoms with Crippen LogP contribution in [-0.4, -0.2) is 30.1 Å². The van der Waals surface area contributed by atoms with Gasteiger partial charge in [0.05, 0.1) is 10.6 Å². The minimum atomic E-state index is -0.351. The molecule has 1 aromatic carbocycles. The van der Waals surface area contributed by atoms with Crippen LogP contribution in [0.3, 0.4) is 0 Å². The van der Waals surface area contributed by atoms with Crippen LogP contribution in [0.1, 0.15) is 13.8 Å². The Bertz CT molecular complexity index is 467. The van der Waals surface area contributed by atoms with Crippen LogP contribution >= 0.6 is 22.6 Å². The Morgan fingerprint density at radius 2 is 2.22 bits per heavy atom. The SMILES string of the molecule is CC1CN(c2ccc([N+](=O)[O-])cc2I)C(C)CN1. The molecule has 0 amide bonds. The molecule has 0 spiro atoms. The zero-order valence-corrected chi connectivity index (χ0v) is 12.5. The van der Waals surface area contributed by atoms with Gasteiger partial charge in [0.15, 0.2) is 0 Å². The third-order valence-electron chi connectivity index (χ3n) is 3.22. The highest BCUT2D eigenvalue weighted by Crippen LogP contribution is 2.29. The molecule has 2 unspecified atom stereocenters. The number of rotatable bonds is 2. The molecule has 6 heteroatoms. The van der Waals surface area contributed by atoms with Crippen molar-refractivity contribution >= 4 is 34.0 Å². The van der Waals surface area contributed by atoms with E-state index in [4.69, 9.17) is 0 Å². The molecule has 0 radical (unpaired) electrons. The molecular formula is C12H16IN3O2. The predicted molar refractivity (Wildman–Crippen MR) is 80.1 cm³/mol. The van der Waals surface area contributed by atoms with Gasteiger partial charge in [-0.1, -0.05) is 0 Å². The monoisotopic (exact) mass is 361 g/mol. The summed E-state index contributed by atoms with van der Waals surface area (Å²) in [6, 6.07) is 5.91. The van der Waals surface area contributed by atoms with Crippen LogP contribution in [0.5, 0.6) is 0 Å². The van der Waals surface area contributed by atoms with E-state index in [2.05, 4.69) is 46.7 Å². The van der Waals surface area contributed by atoms with Crippen molar-refractivity contribution in [1.82, 2.24) is 5.32 Å². The lowest BCUT2D eigenvalue weighted by atomic mass is 10.1. The second-order valence-electron chi connectivity index (χ2n) is 4.70. The van der Waals surface area contributed by atoms with Crippen molar-refractivity contribution in [1.29, 1.82) is 0 Å². The quantitative estimate of drug-likeness (QED) is 0.499. The number of non-ortho nitro benzene ring substituents is 1. The normalized spacial score (nSPS) is 24.1. The number of benzene rings is 1. The van der Waals surface area contributed by atoms with E-state index in [1.165, 1.54) is 0 Å². The maximum Gasteiger partial charge on any atom is 0.270 e. The van der Waals surface area contributed by atoms with Gasteiger partial charge in [0.1, 0.15) is 0 Å². The zero-order valence-electron chi connectivity index (χ0n) is 10.4. The summed E-state index contributed by atoms with van der Waals surface area (Å²) < 4.78 is 0.933. The smallest absolute Gasteiger partial charge is 0.270 e. The molecule has 1 heterocycles. The van der Waals surface area contributed by atoms with Crippen molar-refractivity contribution in [3.05, 3.63) is 31.9 Å². The van der Waals surface area contributed by atoms with Crippen molar-refractivity contribution in [3.63, 3.8) is 0 Å². The first-order valence-electron chi connectivity index (χ1n) is 5.93. The van der Waals surface area contributed by atoms with Crippen LogP contribution in [0.15, 0.2) is 18.2 Å². The first-order valence-corrected chi connectivity index (χ1v) is 7.01. The molecule has 0 aromatic heterocycles. The molecule has 0 bridgehead atoms. The predicted octanol–water partition coefficient (Wildman–Crippen LogP) is 2.39. The van der Waals surface area contributed by atoms with E-state index in [1.54, 1.807) is 12.1 Å². The van der Waals surface area contributed by atoms with Gasteiger partial charge in [-0.3, -0.25) is 10.1 Å². The molecule has 5 nitrogen and oxygen atoms in total. The first-order chi connectivity index (χ1) is 8.49. The molecule has 18 heavy (non-hydrogen) atoms. The van der Waals surface area contributed by atoms with Crippen molar-refractivity contribution in [2.24, 2.45) is 0 Å². The second-order valence-corrected chi connectivity index (χ2v) is 5.87. The summed E-state index contributed by atoms with van der Waals surface area (Å²) in [5.74, 6) is 0. The fourth-order valence-electron chi connectivity index (χ4n) is 2.20. The standard InChI is InChI=1S/C12H16IN3O2/c1-8-7-15(9(2)6-14-8)12-4-3-10(16(17)18)5-11(12)13/h3-5,8-9,14H,6-7H2,1-2H3. The Morgan fingerprint density at radius 3 is 2.83 bits per heavy atom.